The number of nitrogens with one attached hydrogen (secondary N) is 1. The van der Waals surface area contributed by atoms with Crippen LogP contribution >= 0.6 is 15.9 Å². The molecule has 0 amide bonds. The molecule has 1 fully saturated rings. The molecule has 0 spiro atoms. The Morgan fingerprint density at radius 2 is 1.89 bits per heavy atom. The maximum absolute atomic E-state index is 12.8. The summed E-state index contributed by atoms with van der Waals surface area (Å²) in [5.74, 6) is -0.699. The third-order valence-electron chi connectivity index (χ3n) is 2.82. The van der Waals surface area contributed by atoms with Gasteiger partial charge in [0.2, 0.25) is 0 Å². The number of rotatable bonds is 4. The third kappa shape index (κ3) is 3.77. The highest BCUT2D eigenvalue weighted by Gasteiger charge is 2.49. The average molecular weight is 345 g/mol. The van der Waals surface area contributed by atoms with Crippen molar-refractivity contribution in [1.82, 2.24) is 4.98 Å². The van der Waals surface area contributed by atoms with Crippen molar-refractivity contribution in [3.8, 4) is 0 Å². The zero-order valence-electron chi connectivity index (χ0n) is 9.52. The summed E-state index contributed by atoms with van der Waals surface area (Å²) >= 11 is 2.91. The summed E-state index contributed by atoms with van der Waals surface area (Å²) < 4.78 is 63.6. The van der Waals surface area contributed by atoms with E-state index in [9.17, 15) is 22.0 Å². The van der Waals surface area contributed by atoms with Gasteiger partial charge in [-0.25, -0.2) is 13.8 Å². The summed E-state index contributed by atoms with van der Waals surface area (Å²) in [5.41, 5.74) is -0.374. The van der Waals surface area contributed by atoms with Gasteiger partial charge in [-0.15, -0.1) is 0 Å². The van der Waals surface area contributed by atoms with Gasteiger partial charge >= 0.3 is 6.18 Å². The highest BCUT2D eigenvalue weighted by molar-refractivity contribution is 9.10. The van der Waals surface area contributed by atoms with E-state index >= 15 is 0 Å². The third-order valence-corrected chi connectivity index (χ3v) is 3.22. The predicted molar refractivity (Wildman–Crippen MR) is 63.1 cm³/mol. The number of pyridine rings is 1. The van der Waals surface area contributed by atoms with E-state index in [1.807, 2.05) is 0 Å². The summed E-state index contributed by atoms with van der Waals surface area (Å²) in [4.78, 5) is 3.75. The molecule has 1 aliphatic carbocycles. The van der Waals surface area contributed by atoms with Crippen molar-refractivity contribution < 1.29 is 22.0 Å². The topological polar surface area (TPSA) is 24.9 Å². The molecule has 0 unspecified atom stereocenters. The maximum atomic E-state index is 12.8. The van der Waals surface area contributed by atoms with Gasteiger partial charge in [0.05, 0.1) is 0 Å². The largest absolute Gasteiger partial charge is 0.408 e. The van der Waals surface area contributed by atoms with Crippen LogP contribution in [0.3, 0.4) is 0 Å². The van der Waals surface area contributed by atoms with Crippen LogP contribution in [-0.2, 0) is 0 Å². The van der Waals surface area contributed by atoms with Gasteiger partial charge in [0, 0.05) is 5.56 Å². The molecule has 0 bridgehead atoms. The lowest BCUT2D eigenvalue weighted by atomic mass is 10.1. The summed E-state index contributed by atoms with van der Waals surface area (Å²) in [6, 6.07) is 0.284. The van der Waals surface area contributed by atoms with E-state index < -0.39 is 24.6 Å². The maximum Gasteiger partial charge on any atom is 0.408 e. The van der Waals surface area contributed by atoms with Crippen LogP contribution in [0.4, 0.5) is 27.8 Å². The normalized spacial score (nSPS) is 17.6. The summed E-state index contributed by atoms with van der Waals surface area (Å²) in [5, 5.41) is 2.22. The molecule has 19 heavy (non-hydrogen) atoms. The Bertz CT molecular complexity index is 459. The molecule has 1 aromatic heterocycles. The van der Waals surface area contributed by atoms with E-state index in [0.717, 1.165) is 12.1 Å². The van der Waals surface area contributed by atoms with Gasteiger partial charge < -0.3 is 5.32 Å². The molecular formula is C11H10BrF5N2. The van der Waals surface area contributed by atoms with Gasteiger partial charge in [-0.1, -0.05) is 0 Å². The van der Waals surface area contributed by atoms with Crippen LogP contribution in [0, 0.1) is 5.92 Å². The summed E-state index contributed by atoms with van der Waals surface area (Å²) in [6.07, 6.45) is -6.22. The Hall–Kier alpha value is -0.920. The first-order valence-electron chi connectivity index (χ1n) is 5.56. The summed E-state index contributed by atoms with van der Waals surface area (Å²) in [7, 11) is 0. The molecule has 2 rings (SSSR count). The molecule has 1 heterocycles. The molecular weight excluding hydrogens is 335 g/mol. The van der Waals surface area contributed by atoms with Crippen molar-refractivity contribution in [3.05, 3.63) is 22.3 Å². The molecule has 0 saturated heterocycles. The second kappa shape index (κ2) is 5.22. The van der Waals surface area contributed by atoms with Crippen LogP contribution in [0.25, 0.3) is 0 Å². The van der Waals surface area contributed by atoms with Crippen LogP contribution in [-0.4, -0.2) is 17.2 Å². The van der Waals surface area contributed by atoms with Crippen LogP contribution in [0.5, 0.6) is 0 Å². The predicted octanol–water partition coefficient (Wildman–Crippen LogP) is 4.53. The molecule has 8 heteroatoms. The minimum absolute atomic E-state index is 0.0736. The van der Waals surface area contributed by atoms with Crippen molar-refractivity contribution in [1.29, 1.82) is 0 Å². The molecule has 1 N–H and O–H groups in total. The molecule has 0 radical (unpaired) electrons. The lowest BCUT2D eigenvalue weighted by Crippen LogP contribution is -2.38. The van der Waals surface area contributed by atoms with Crippen LogP contribution in [0.15, 0.2) is 16.7 Å². The van der Waals surface area contributed by atoms with Crippen molar-refractivity contribution in [2.45, 2.75) is 31.5 Å². The molecule has 1 saturated carbocycles. The van der Waals surface area contributed by atoms with E-state index in [1.54, 1.807) is 0 Å². The zero-order chi connectivity index (χ0) is 14.2. The van der Waals surface area contributed by atoms with Gasteiger partial charge in [-0.3, -0.25) is 0 Å². The fourth-order valence-electron chi connectivity index (χ4n) is 1.77. The number of halogens is 6. The Morgan fingerprint density at radius 1 is 1.26 bits per heavy atom. The second-order valence-corrected chi connectivity index (χ2v) is 5.22. The molecule has 1 aliphatic rings. The number of anilines is 1. The first-order chi connectivity index (χ1) is 8.77. The Labute approximate surface area is 114 Å². The molecule has 106 valence electrons. The fourth-order valence-corrected chi connectivity index (χ4v) is 2.23. The SMILES string of the molecule is FC(F)c1cc(Br)nc(N[C@@H](C2CC2)C(F)(F)F)c1. The average Bonchev–Trinajstić information content (AvgIpc) is 3.07. The number of alkyl halides is 5. The van der Waals surface area contributed by atoms with Crippen LogP contribution in [0.1, 0.15) is 24.8 Å². The lowest BCUT2D eigenvalue weighted by molar-refractivity contribution is -0.146. The first kappa shape index (κ1) is 14.5. The van der Waals surface area contributed by atoms with E-state index in [4.69, 9.17) is 0 Å². The standard InChI is InChI=1S/C11H10BrF5N2/c12-7-3-6(10(13)14)4-8(18-7)19-9(5-1-2-5)11(15,16)17/h3-5,9-10H,1-2H2,(H,18,19)/t9-/m0/s1. The first-order valence-corrected chi connectivity index (χ1v) is 6.35. The molecule has 0 aromatic carbocycles. The van der Waals surface area contributed by atoms with E-state index in [-0.39, 0.29) is 16.0 Å². The highest BCUT2D eigenvalue weighted by atomic mass is 79.9. The van der Waals surface area contributed by atoms with Crippen molar-refractivity contribution in [2.24, 2.45) is 5.92 Å². The minimum Gasteiger partial charge on any atom is -0.358 e. The molecule has 1 aromatic rings. The van der Waals surface area contributed by atoms with Crippen molar-refractivity contribution in [3.63, 3.8) is 0 Å². The van der Waals surface area contributed by atoms with Gasteiger partial charge in [0.25, 0.3) is 6.43 Å². The molecule has 0 aliphatic heterocycles. The highest BCUT2D eigenvalue weighted by Crippen LogP contribution is 2.41. The minimum atomic E-state index is -4.42. The van der Waals surface area contributed by atoms with Gasteiger partial charge in [-0.2, -0.15) is 13.2 Å². The number of hydrogen-bond donors (Lipinski definition) is 1. The smallest absolute Gasteiger partial charge is 0.358 e. The second-order valence-electron chi connectivity index (χ2n) is 4.41. The van der Waals surface area contributed by atoms with Crippen LogP contribution in [0.2, 0.25) is 0 Å². The molecule has 1 atom stereocenters. The van der Waals surface area contributed by atoms with E-state index in [1.165, 1.54) is 0 Å². The zero-order valence-corrected chi connectivity index (χ0v) is 11.1. The van der Waals surface area contributed by atoms with Crippen LogP contribution < -0.4 is 5.32 Å². The van der Waals surface area contributed by atoms with E-state index in [0.29, 0.717) is 12.8 Å². The Kier molecular flexibility index (Phi) is 3.98. The lowest BCUT2D eigenvalue weighted by Gasteiger charge is -2.22. The van der Waals surface area contributed by atoms with Crippen molar-refractivity contribution in [2.75, 3.05) is 5.32 Å². The van der Waals surface area contributed by atoms with Gasteiger partial charge in [-0.05, 0) is 46.8 Å². The van der Waals surface area contributed by atoms with Gasteiger partial charge in [0.1, 0.15) is 16.5 Å². The number of nitrogens with zero attached hydrogens (tertiary/aromatic N) is 1. The number of aromatic nitrogens is 1. The fraction of sp³-hybridized carbons (Fsp3) is 0.545. The Morgan fingerprint density at radius 3 is 2.37 bits per heavy atom. The quantitative estimate of drug-likeness (QED) is 0.640. The number of hydrogen-bond acceptors (Lipinski definition) is 2. The Balaban J connectivity index is 2.21. The van der Waals surface area contributed by atoms with Gasteiger partial charge in [0.15, 0.2) is 0 Å². The van der Waals surface area contributed by atoms with E-state index in [2.05, 4.69) is 26.2 Å². The monoisotopic (exact) mass is 344 g/mol. The molecule has 2 nitrogen and oxygen atoms in total. The summed E-state index contributed by atoms with van der Waals surface area (Å²) in [6.45, 7) is 0. The van der Waals surface area contributed by atoms with Crippen molar-refractivity contribution >= 4 is 21.7 Å².